The predicted molar refractivity (Wildman–Crippen MR) is 73.7 cm³/mol. The third-order valence-corrected chi connectivity index (χ3v) is 3.21. The highest BCUT2D eigenvalue weighted by Gasteiger charge is 2.31. The molecule has 3 unspecified atom stereocenters. The van der Waals surface area contributed by atoms with Crippen molar-refractivity contribution in [2.24, 2.45) is 5.73 Å². The Morgan fingerprint density at radius 3 is 2.70 bits per heavy atom. The Kier molecular flexibility index (Phi) is 6.33. The molecule has 0 saturated carbocycles. The topological polar surface area (TPSA) is 55.6 Å². The van der Waals surface area contributed by atoms with Crippen LogP contribution in [0.5, 0.6) is 0 Å². The zero-order chi connectivity index (χ0) is 15.3. The number of alkyl halides is 2. The molecule has 1 aliphatic rings. The van der Waals surface area contributed by atoms with Gasteiger partial charge in [-0.25, -0.2) is 8.78 Å². The van der Waals surface area contributed by atoms with E-state index in [1.54, 1.807) is 20.8 Å². The van der Waals surface area contributed by atoms with E-state index in [-0.39, 0.29) is 18.8 Å². The molecule has 1 aliphatic heterocycles. The molecular formula is C14H26F2N2O2. The van der Waals surface area contributed by atoms with Gasteiger partial charge in [0.1, 0.15) is 11.8 Å². The number of nitrogens with zero attached hydrogens (tertiary/aromatic N) is 1. The Morgan fingerprint density at radius 2 is 2.10 bits per heavy atom. The van der Waals surface area contributed by atoms with Gasteiger partial charge in [0, 0.05) is 19.1 Å². The Morgan fingerprint density at radius 1 is 1.45 bits per heavy atom. The molecule has 6 heteroatoms. The Hall–Kier alpha value is -0.750. The van der Waals surface area contributed by atoms with Crippen LogP contribution in [0.25, 0.3) is 0 Å². The molecule has 0 aromatic heterocycles. The average molecular weight is 292 g/mol. The van der Waals surface area contributed by atoms with Crippen LogP contribution in [0, 0.1) is 0 Å². The van der Waals surface area contributed by atoms with Crippen molar-refractivity contribution in [3.05, 3.63) is 0 Å². The predicted octanol–water partition coefficient (Wildman–Crippen LogP) is 2.17. The third kappa shape index (κ3) is 6.13. The Labute approximate surface area is 119 Å². The number of hydrogen-bond donors (Lipinski definition) is 1. The Balaban J connectivity index is 2.29. The van der Waals surface area contributed by atoms with Crippen molar-refractivity contribution < 1.29 is 18.3 Å². The molecule has 0 radical (unpaired) electrons. The highest BCUT2D eigenvalue weighted by atomic mass is 19.2. The second-order valence-corrected chi connectivity index (χ2v) is 6.41. The van der Waals surface area contributed by atoms with E-state index in [2.05, 4.69) is 0 Å². The summed E-state index contributed by atoms with van der Waals surface area (Å²) >= 11 is 0. The maximum Gasteiger partial charge on any atom is 0.307 e. The van der Waals surface area contributed by atoms with Crippen LogP contribution >= 0.6 is 0 Å². The summed E-state index contributed by atoms with van der Waals surface area (Å²) in [5.41, 5.74) is 5.31. The second kappa shape index (κ2) is 7.31. The zero-order valence-corrected chi connectivity index (χ0v) is 12.6. The van der Waals surface area contributed by atoms with Crippen LogP contribution < -0.4 is 5.73 Å². The van der Waals surface area contributed by atoms with Gasteiger partial charge >= 0.3 is 5.97 Å². The van der Waals surface area contributed by atoms with Gasteiger partial charge in [-0.05, 0) is 40.0 Å². The van der Waals surface area contributed by atoms with Gasteiger partial charge in [0.2, 0.25) is 0 Å². The van der Waals surface area contributed by atoms with Crippen molar-refractivity contribution in [3.63, 3.8) is 0 Å². The first kappa shape index (κ1) is 17.3. The van der Waals surface area contributed by atoms with Crippen LogP contribution in [0.2, 0.25) is 0 Å². The summed E-state index contributed by atoms with van der Waals surface area (Å²) in [7, 11) is 0. The fourth-order valence-corrected chi connectivity index (χ4v) is 2.25. The summed E-state index contributed by atoms with van der Waals surface area (Å²) in [6, 6.07) is -0.392. The molecule has 1 rings (SSSR count). The van der Waals surface area contributed by atoms with Gasteiger partial charge in [-0.15, -0.1) is 0 Å². The smallest absolute Gasteiger partial charge is 0.307 e. The van der Waals surface area contributed by atoms with Gasteiger partial charge in [-0.3, -0.25) is 9.69 Å². The van der Waals surface area contributed by atoms with E-state index in [0.29, 0.717) is 25.9 Å². The minimum absolute atomic E-state index is 0.0983. The summed E-state index contributed by atoms with van der Waals surface area (Å²) in [5.74, 6) is -0.358. The van der Waals surface area contributed by atoms with Crippen LogP contribution in [0.1, 0.15) is 46.5 Å². The third-order valence-electron chi connectivity index (χ3n) is 3.21. The standard InChI is InChI=1S/C14H26F2N2O2/c1-14(2,3)20-12(19)9-10(17)6-8-18-7-4-5-11(15)13(18)16/h10-11,13H,4-9,17H2,1-3H3. The molecule has 0 aliphatic carbocycles. The monoisotopic (exact) mass is 292 g/mol. The fraction of sp³-hybridized carbons (Fsp3) is 0.929. The van der Waals surface area contributed by atoms with Crippen LogP contribution in [0.4, 0.5) is 8.78 Å². The lowest BCUT2D eigenvalue weighted by atomic mass is 10.1. The van der Waals surface area contributed by atoms with E-state index in [1.807, 2.05) is 0 Å². The van der Waals surface area contributed by atoms with E-state index in [4.69, 9.17) is 10.5 Å². The maximum atomic E-state index is 13.6. The minimum Gasteiger partial charge on any atom is -0.460 e. The molecule has 1 fully saturated rings. The van der Waals surface area contributed by atoms with E-state index < -0.39 is 24.1 Å². The van der Waals surface area contributed by atoms with Crippen molar-refractivity contribution in [1.29, 1.82) is 0 Å². The van der Waals surface area contributed by atoms with Gasteiger partial charge in [0.15, 0.2) is 6.30 Å². The summed E-state index contributed by atoms with van der Waals surface area (Å²) in [5, 5.41) is 0. The highest BCUT2D eigenvalue weighted by molar-refractivity contribution is 5.70. The molecule has 1 heterocycles. The van der Waals surface area contributed by atoms with Crippen LogP contribution in [0.3, 0.4) is 0 Å². The maximum absolute atomic E-state index is 13.6. The number of ether oxygens (including phenoxy) is 1. The molecular weight excluding hydrogens is 266 g/mol. The van der Waals surface area contributed by atoms with Crippen LogP contribution in [-0.4, -0.2) is 48.1 Å². The normalized spacial score (nSPS) is 26.3. The first-order chi connectivity index (χ1) is 9.19. The molecule has 3 atom stereocenters. The van der Waals surface area contributed by atoms with Crippen LogP contribution in [0.15, 0.2) is 0 Å². The van der Waals surface area contributed by atoms with E-state index in [9.17, 15) is 13.6 Å². The van der Waals surface area contributed by atoms with Crippen LogP contribution in [-0.2, 0) is 9.53 Å². The molecule has 2 N–H and O–H groups in total. The molecule has 0 aromatic rings. The number of carbonyl (C=O) groups is 1. The van der Waals surface area contributed by atoms with Crippen molar-refractivity contribution in [2.45, 2.75) is 70.6 Å². The minimum atomic E-state index is -1.54. The van der Waals surface area contributed by atoms with Crippen molar-refractivity contribution in [3.8, 4) is 0 Å². The molecule has 1 saturated heterocycles. The summed E-state index contributed by atoms with van der Waals surface area (Å²) in [6.45, 7) is 6.28. The molecule has 0 amide bonds. The van der Waals surface area contributed by atoms with Gasteiger partial charge in [-0.1, -0.05) is 0 Å². The van der Waals surface area contributed by atoms with Gasteiger partial charge in [0.05, 0.1) is 6.42 Å². The fourth-order valence-electron chi connectivity index (χ4n) is 2.25. The average Bonchev–Trinajstić information content (AvgIpc) is 2.28. The van der Waals surface area contributed by atoms with E-state index in [1.165, 1.54) is 4.90 Å². The zero-order valence-electron chi connectivity index (χ0n) is 12.6. The number of hydrogen-bond acceptors (Lipinski definition) is 4. The number of piperidine rings is 1. The number of esters is 1. The number of likely N-dealkylation sites (tertiary alicyclic amines) is 1. The number of halogens is 2. The first-order valence-corrected chi connectivity index (χ1v) is 7.18. The summed E-state index contributed by atoms with van der Waals surface area (Å²) < 4.78 is 32.0. The number of nitrogens with two attached hydrogens (primary N) is 1. The van der Waals surface area contributed by atoms with Crippen molar-refractivity contribution in [2.75, 3.05) is 13.1 Å². The quantitative estimate of drug-likeness (QED) is 0.623. The molecule has 0 aromatic carbocycles. The molecule has 0 spiro atoms. The van der Waals surface area contributed by atoms with E-state index in [0.717, 1.165) is 0 Å². The van der Waals surface area contributed by atoms with Gasteiger partial charge in [-0.2, -0.15) is 0 Å². The molecule has 4 nitrogen and oxygen atoms in total. The lowest BCUT2D eigenvalue weighted by molar-refractivity contribution is -0.155. The number of rotatable bonds is 5. The number of carbonyl (C=O) groups excluding carboxylic acids is 1. The molecule has 118 valence electrons. The highest BCUT2D eigenvalue weighted by Crippen LogP contribution is 2.22. The lowest BCUT2D eigenvalue weighted by Gasteiger charge is -2.33. The molecule has 0 bridgehead atoms. The lowest BCUT2D eigenvalue weighted by Crippen LogP contribution is -2.45. The van der Waals surface area contributed by atoms with Gasteiger partial charge < -0.3 is 10.5 Å². The van der Waals surface area contributed by atoms with Crippen molar-refractivity contribution >= 4 is 5.97 Å². The Bertz CT molecular complexity index is 321. The van der Waals surface area contributed by atoms with Gasteiger partial charge in [0.25, 0.3) is 0 Å². The summed E-state index contributed by atoms with van der Waals surface area (Å²) in [6.07, 6.45) is -1.47. The second-order valence-electron chi connectivity index (χ2n) is 6.41. The summed E-state index contributed by atoms with van der Waals surface area (Å²) in [4.78, 5) is 13.0. The first-order valence-electron chi connectivity index (χ1n) is 7.18. The van der Waals surface area contributed by atoms with E-state index >= 15 is 0 Å². The SMILES string of the molecule is CC(C)(C)OC(=O)CC(N)CCN1CCCC(F)C1F. The molecule has 20 heavy (non-hydrogen) atoms. The van der Waals surface area contributed by atoms with Crippen molar-refractivity contribution in [1.82, 2.24) is 4.90 Å². The largest absolute Gasteiger partial charge is 0.460 e.